The van der Waals surface area contributed by atoms with E-state index >= 15 is 0 Å². The van der Waals surface area contributed by atoms with Crippen molar-refractivity contribution in [3.8, 4) is 5.75 Å². The number of aromatic hydroxyl groups is 1. The van der Waals surface area contributed by atoms with E-state index in [9.17, 15) is 9.90 Å². The van der Waals surface area contributed by atoms with Crippen LogP contribution in [0.3, 0.4) is 0 Å². The summed E-state index contributed by atoms with van der Waals surface area (Å²) < 4.78 is 4.34. The summed E-state index contributed by atoms with van der Waals surface area (Å²) in [7, 11) is 1.21. The van der Waals surface area contributed by atoms with Crippen LogP contribution in [0.5, 0.6) is 5.75 Å². The summed E-state index contributed by atoms with van der Waals surface area (Å²) >= 11 is 5.68. The first-order chi connectivity index (χ1) is 6.54. The topological polar surface area (TPSA) is 84.6 Å². The zero-order valence-electron chi connectivity index (χ0n) is 7.37. The molecule has 0 fully saturated rings. The Kier molecular flexibility index (Phi) is 3.03. The van der Waals surface area contributed by atoms with Gasteiger partial charge in [-0.15, -0.1) is 0 Å². The number of nitrogens with two attached hydrogens (primary N) is 1. The smallest absolute Gasteiger partial charge is 0.411 e. The first-order valence-electron chi connectivity index (χ1n) is 3.67. The Morgan fingerprint density at radius 2 is 2.29 bits per heavy atom. The maximum absolute atomic E-state index is 10.8. The molecule has 0 spiro atoms. The third-order valence-electron chi connectivity index (χ3n) is 1.54. The molecule has 0 heterocycles. The number of benzene rings is 1. The van der Waals surface area contributed by atoms with Crippen molar-refractivity contribution in [1.82, 2.24) is 0 Å². The Morgan fingerprint density at radius 3 is 2.86 bits per heavy atom. The molecule has 0 saturated carbocycles. The lowest BCUT2D eigenvalue weighted by Gasteiger charge is -2.07. The van der Waals surface area contributed by atoms with Crippen LogP contribution in [0, 0.1) is 0 Å². The molecule has 0 aliphatic rings. The van der Waals surface area contributed by atoms with Gasteiger partial charge in [0, 0.05) is 6.07 Å². The van der Waals surface area contributed by atoms with E-state index in [-0.39, 0.29) is 22.1 Å². The molecule has 1 aromatic carbocycles. The summed E-state index contributed by atoms with van der Waals surface area (Å²) in [6.45, 7) is 0. The third-order valence-corrected chi connectivity index (χ3v) is 1.86. The number of amides is 1. The van der Waals surface area contributed by atoms with E-state index < -0.39 is 6.09 Å². The maximum Gasteiger partial charge on any atom is 0.411 e. The molecule has 0 unspecified atom stereocenters. The number of ether oxygens (including phenoxy) is 1. The number of nitrogens with one attached hydrogen (secondary N) is 1. The Morgan fingerprint density at radius 1 is 1.64 bits per heavy atom. The monoisotopic (exact) mass is 216 g/mol. The fourth-order valence-corrected chi connectivity index (χ4v) is 1.00. The zero-order chi connectivity index (χ0) is 10.7. The molecule has 1 amide bonds. The molecule has 0 bridgehead atoms. The van der Waals surface area contributed by atoms with Crippen molar-refractivity contribution in [2.45, 2.75) is 0 Å². The van der Waals surface area contributed by atoms with Gasteiger partial charge >= 0.3 is 6.09 Å². The van der Waals surface area contributed by atoms with Crippen LogP contribution in [-0.2, 0) is 4.74 Å². The molecule has 0 radical (unpaired) electrons. The number of phenolic OH excluding ortho intramolecular Hbond substituents is 1. The van der Waals surface area contributed by atoms with Gasteiger partial charge < -0.3 is 15.6 Å². The Labute approximate surface area is 85.4 Å². The van der Waals surface area contributed by atoms with E-state index in [0.717, 1.165) is 0 Å². The maximum atomic E-state index is 10.8. The number of hydrogen-bond donors (Lipinski definition) is 3. The van der Waals surface area contributed by atoms with Crippen LogP contribution in [0.1, 0.15) is 0 Å². The van der Waals surface area contributed by atoms with Crippen LogP contribution in [0.4, 0.5) is 16.2 Å². The van der Waals surface area contributed by atoms with Gasteiger partial charge in [0.1, 0.15) is 5.75 Å². The number of carbonyl (C=O) groups is 1. The van der Waals surface area contributed by atoms with Crippen molar-refractivity contribution in [1.29, 1.82) is 0 Å². The molecule has 14 heavy (non-hydrogen) atoms. The van der Waals surface area contributed by atoms with Crippen LogP contribution < -0.4 is 11.1 Å². The minimum Gasteiger partial charge on any atom is -0.506 e. The van der Waals surface area contributed by atoms with Crippen molar-refractivity contribution in [2.24, 2.45) is 0 Å². The van der Waals surface area contributed by atoms with Crippen LogP contribution in [0.25, 0.3) is 0 Å². The number of carbonyl (C=O) groups excluding carboxylic acids is 1. The molecule has 6 heteroatoms. The first-order valence-corrected chi connectivity index (χ1v) is 4.05. The Hall–Kier alpha value is -1.62. The average Bonchev–Trinajstić information content (AvgIpc) is 2.14. The number of hydrogen-bond acceptors (Lipinski definition) is 4. The number of halogens is 1. The largest absolute Gasteiger partial charge is 0.506 e. The number of rotatable bonds is 1. The first kappa shape index (κ1) is 10.5. The lowest BCUT2D eigenvalue weighted by molar-refractivity contribution is 0.187. The summed E-state index contributed by atoms with van der Waals surface area (Å²) in [6.07, 6.45) is -0.693. The molecule has 0 atom stereocenters. The lowest BCUT2D eigenvalue weighted by atomic mass is 10.2. The molecule has 1 aromatic rings. The second kappa shape index (κ2) is 4.06. The summed E-state index contributed by atoms with van der Waals surface area (Å²) in [5, 5.41) is 11.9. The van der Waals surface area contributed by atoms with E-state index in [1.54, 1.807) is 0 Å². The van der Waals surface area contributed by atoms with Gasteiger partial charge in [-0.2, -0.15) is 0 Å². The third kappa shape index (κ3) is 2.20. The zero-order valence-corrected chi connectivity index (χ0v) is 8.13. The van der Waals surface area contributed by atoms with Gasteiger partial charge in [-0.25, -0.2) is 4.79 Å². The normalized spacial score (nSPS) is 9.57. The molecular formula is C8H9ClN2O3. The van der Waals surface area contributed by atoms with Gasteiger partial charge in [0.05, 0.1) is 23.5 Å². The highest BCUT2D eigenvalue weighted by molar-refractivity contribution is 6.33. The summed E-state index contributed by atoms with van der Waals surface area (Å²) in [6, 6.07) is 2.58. The van der Waals surface area contributed by atoms with Gasteiger partial charge in [-0.3, -0.25) is 5.32 Å². The van der Waals surface area contributed by atoms with E-state index in [4.69, 9.17) is 17.3 Å². The summed E-state index contributed by atoms with van der Waals surface area (Å²) in [5.41, 5.74) is 5.80. The molecule has 0 aromatic heterocycles. The Balaban J connectivity index is 2.98. The van der Waals surface area contributed by atoms with Gasteiger partial charge in [0.25, 0.3) is 0 Å². The Bertz CT molecular complexity index is 368. The fourth-order valence-electron chi connectivity index (χ4n) is 0.839. The molecule has 5 nitrogen and oxygen atoms in total. The van der Waals surface area contributed by atoms with Crippen molar-refractivity contribution >= 4 is 29.1 Å². The van der Waals surface area contributed by atoms with Crippen molar-refractivity contribution in [2.75, 3.05) is 18.2 Å². The number of methoxy groups -OCH3 is 1. The molecule has 0 aliphatic carbocycles. The van der Waals surface area contributed by atoms with E-state index in [0.29, 0.717) is 0 Å². The summed E-state index contributed by atoms with van der Waals surface area (Å²) in [4.78, 5) is 10.8. The van der Waals surface area contributed by atoms with Gasteiger partial charge in [-0.05, 0) is 6.07 Å². The van der Waals surface area contributed by atoms with Crippen LogP contribution in [0.2, 0.25) is 5.02 Å². The van der Waals surface area contributed by atoms with E-state index in [1.807, 2.05) is 0 Å². The van der Waals surface area contributed by atoms with E-state index in [1.165, 1.54) is 19.2 Å². The quantitative estimate of drug-likeness (QED) is 0.494. The summed E-state index contributed by atoms with van der Waals surface area (Å²) in [5.74, 6) is -0.169. The van der Waals surface area contributed by atoms with Crippen molar-refractivity contribution < 1.29 is 14.6 Å². The molecule has 0 aliphatic heterocycles. The molecule has 4 N–H and O–H groups in total. The predicted molar refractivity (Wildman–Crippen MR) is 53.6 cm³/mol. The second-order valence-corrected chi connectivity index (χ2v) is 2.91. The van der Waals surface area contributed by atoms with Crippen molar-refractivity contribution in [3.05, 3.63) is 17.2 Å². The fraction of sp³-hybridized carbons (Fsp3) is 0.125. The number of anilines is 2. The molecule has 76 valence electrons. The predicted octanol–water partition coefficient (Wildman–Crippen LogP) is 1.81. The standard InChI is InChI=1S/C8H9ClN2O3/c1-14-8(13)11-6-2-4(9)5(10)3-7(6)12/h2-3,12H,10H2,1H3,(H,11,13). The highest BCUT2D eigenvalue weighted by Crippen LogP contribution is 2.31. The van der Waals surface area contributed by atoms with Gasteiger partial charge in [0.2, 0.25) is 0 Å². The SMILES string of the molecule is COC(=O)Nc1cc(Cl)c(N)cc1O. The molecule has 1 rings (SSSR count). The average molecular weight is 217 g/mol. The van der Waals surface area contributed by atoms with E-state index in [2.05, 4.69) is 10.1 Å². The van der Waals surface area contributed by atoms with Crippen LogP contribution >= 0.6 is 11.6 Å². The minimum atomic E-state index is -0.693. The number of nitrogen functional groups attached to an aromatic ring is 1. The van der Waals surface area contributed by atoms with Crippen LogP contribution in [-0.4, -0.2) is 18.3 Å². The minimum absolute atomic E-state index is 0.149. The number of phenols is 1. The van der Waals surface area contributed by atoms with Gasteiger partial charge in [0.15, 0.2) is 0 Å². The molecule has 0 saturated heterocycles. The lowest BCUT2D eigenvalue weighted by Crippen LogP contribution is -2.11. The molecular weight excluding hydrogens is 208 g/mol. The van der Waals surface area contributed by atoms with Crippen LogP contribution in [0.15, 0.2) is 12.1 Å². The highest BCUT2D eigenvalue weighted by Gasteiger charge is 2.08. The second-order valence-electron chi connectivity index (χ2n) is 2.51. The van der Waals surface area contributed by atoms with Crippen molar-refractivity contribution in [3.63, 3.8) is 0 Å². The van der Waals surface area contributed by atoms with Gasteiger partial charge in [-0.1, -0.05) is 11.6 Å². The highest BCUT2D eigenvalue weighted by atomic mass is 35.5.